The number of hydrogen-bond acceptors (Lipinski definition) is 6. The van der Waals surface area contributed by atoms with Gasteiger partial charge in [-0.15, -0.1) is 11.3 Å². The molecule has 180 valence electrons. The Kier molecular flexibility index (Phi) is 6.63. The van der Waals surface area contributed by atoms with Crippen LogP contribution >= 0.6 is 11.3 Å². The van der Waals surface area contributed by atoms with E-state index in [1.807, 2.05) is 54.8 Å². The molecule has 35 heavy (non-hydrogen) atoms. The summed E-state index contributed by atoms with van der Waals surface area (Å²) in [4.78, 5) is 31.6. The number of nitrogens with one attached hydrogen (secondary N) is 1. The summed E-state index contributed by atoms with van der Waals surface area (Å²) in [6.07, 6.45) is 4.38. The van der Waals surface area contributed by atoms with Crippen molar-refractivity contribution >= 4 is 34.2 Å². The number of rotatable bonds is 6. The van der Waals surface area contributed by atoms with Gasteiger partial charge in [0.25, 0.3) is 5.91 Å². The number of aryl methyl sites for hydroxylation is 1. The maximum Gasteiger partial charge on any atom is 0.339 e. The van der Waals surface area contributed by atoms with Gasteiger partial charge in [-0.3, -0.25) is 4.79 Å². The molecule has 2 atom stereocenters. The third-order valence-corrected chi connectivity index (χ3v) is 7.49. The Morgan fingerprint density at radius 2 is 1.94 bits per heavy atom. The van der Waals surface area contributed by atoms with Crippen molar-refractivity contribution < 1.29 is 14.3 Å². The van der Waals surface area contributed by atoms with Crippen molar-refractivity contribution in [3.63, 3.8) is 0 Å². The number of thiophene rings is 1. The van der Waals surface area contributed by atoms with Gasteiger partial charge in [-0.05, 0) is 55.3 Å². The summed E-state index contributed by atoms with van der Waals surface area (Å²) >= 11 is 1.54. The third kappa shape index (κ3) is 4.84. The number of esters is 1. The van der Waals surface area contributed by atoms with E-state index in [0.717, 1.165) is 29.8 Å². The van der Waals surface area contributed by atoms with E-state index in [2.05, 4.69) is 17.3 Å². The van der Waals surface area contributed by atoms with E-state index >= 15 is 0 Å². The van der Waals surface area contributed by atoms with Crippen LogP contribution in [0.1, 0.15) is 48.7 Å². The smallest absolute Gasteiger partial charge is 0.339 e. The lowest BCUT2D eigenvalue weighted by Gasteiger charge is -2.29. The van der Waals surface area contributed by atoms with E-state index in [-0.39, 0.29) is 18.6 Å². The molecular formula is C27H28N4O3S. The number of carbonyl (C=O) groups is 2. The minimum Gasteiger partial charge on any atom is -0.452 e. The number of nitrogens with zero attached hydrogens (tertiary/aromatic N) is 3. The van der Waals surface area contributed by atoms with Gasteiger partial charge in [-0.25, -0.2) is 14.5 Å². The largest absolute Gasteiger partial charge is 0.452 e. The van der Waals surface area contributed by atoms with Crippen molar-refractivity contribution in [2.75, 3.05) is 6.61 Å². The Morgan fingerprint density at radius 3 is 2.69 bits per heavy atom. The number of pyridine rings is 1. The second-order valence-corrected chi connectivity index (χ2v) is 10.0. The molecule has 0 aliphatic heterocycles. The Morgan fingerprint density at radius 1 is 1.14 bits per heavy atom. The zero-order valence-corrected chi connectivity index (χ0v) is 20.7. The number of ether oxygens (including phenoxy) is 1. The van der Waals surface area contributed by atoms with E-state index in [4.69, 9.17) is 9.72 Å². The van der Waals surface area contributed by atoms with E-state index in [9.17, 15) is 9.59 Å². The van der Waals surface area contributed by atoms with Crippen LogP contribution in [0, 0.1) is 12.8 Å². The van der Waals surface area contributed by atoms with Gasteiger partial charge in [0.05, 0.1) is 32.9 Å². The highest BCUT2D eigenvalue weighted by molar-refractivity contribution is 7.13. The van der Waals surface area contributed by atoms with Crippen molar-refractivity contribution in [2.45, 2.75) is 45.6 Å². The van der Waals surface area contributed by atoms with Gasteiger partial charge in [-0.2, -0.15) is 5.10 Å². The van der Waals surface area contributed by atoms with Crippen LogP contribution in [0.2, 0.25) is 0 Å². The summed E-state index contributed by atoms with van der Waals surface area (Å²) in [5.74, 6) is -0.390. The highest BCUT2D eigenvalue weighted by Crippen LogP contribution is 2.31. The molecule has 0 bridgehead atoms. The fourth-order valence-corrected chi connectivity index (χ4v) is 5.42. The SMILES string of the molecule is Cc1nn(-c2ccccc2)c2nc(-c3cccs3)cc(C(=O)OCC(=O)N[C@@H]3CCCC[C@H]3C)c12. The van der Waals surface area contributed by atoms with Crippen LogP contribution in [0.4, 0.5) is 0 Å². The zero-order chi connectivity index (χ0) is 24.4. The first-order chi connectivity index (χ1) is 17.0. The summed E-state index contributed by atoms with van der Waals surface area (Å²) in [5, 5.41) is 10.3. The van der Waals surface area contributed by atoms with Crippen LogP contribution in [-0.4, -0.2) is 39.3 Å². The van der Waals surface area contributed by atoms with E-state index in [0.29, 0.717) is 33.9 Å². The van der Waals surface area contributed by atoms with E-state index in [1.165, 1.54) is 6.42 Å². The van der Waals surface area contributed by atoms with Crippen molar-refractivity contribution in [1.82, 2.24) is 20.1 Å². The monoisotopic (exact) mass is 488 g/mol. The number of aromatic nitrogens is 3. The van der Waals surface area contributed by atoms with Gasteiger partial charge in [0.15, 0.2) is 12.3 Å². The molecular weight excluding hydrogens is 460 g/mol. The number of fused-ring (bicyclic) bond motifs is 1. The lowest BCUT2D eigenvalue weighted by atomic mass is 9.86. The molecule has 1 N–H and O–H groups in total. The predicted octanol–water partition coefficient (Wildman–Crippen LogP) is 5.31. The second-order valence-electron chi connectivity index (χ2n) is 9.08. The highest BCUT2D eigenvalue weighted by Gasteiger charge is 2.25. The Labute approximate surface area is 208 Å². The summed E-state index contributed by atoms with van der Waals surface area (Å²) in [6.45, 7) is 3.69. The minimum absolute atomic E-state index is 0.138. The van der Waals surface area contributed by atoms with Crippen LogP contribution in [-0.2, 0) is 9.53 Å². The molecule has 0 spiro atoms. The van der Waals surface area contributed by atoms with Crippen LogP contribution in [0.3, 0.4) is 0 Å². The van der Waals surface area contributed by atoms with E-state index < -0.39 is 5.97 Å². The number of benzene rings is 1. The fraction of sp³-hybridized carbons (Fsp3) is 0.333. The molecule has 1 amide bonds. The topological polar surface area (TPSA) is 86.1 Å². The first-order valence-electron chi connectivity index (χ1n) is 12.0. The van der Waals surface area contributed by atoms with Crippen LogP contribution in [0.5, 0.6) is 0 Å². The average molecular weight is 489 g/mol. The van der Waals surface area contributed by atoms with Crippen LogP contribution in [0.25, 0.3) is 27.3 Å². The molecule has 0 unspecified atom stereocenters. The van der Waals surface area contributed by atoms with Gasteiger partial charge in [0.2, 0.25) is 0 Å². The van der Waals surface area contributed by atoms with Crippen molar-refractivity contribution in [1.29, 1.82) is 0 Å². The predicted molar refractivity (Wildman–Crippen MR) is 137 cm³/mol. The molecule has 1 aromatic carbocycles. The molecule has 1 saturated carbocycles. The van der Waals surface area contributed by atoms with Gasteiger partial charge in [0.1, 0.15) is 0 Å². The number of para-hydroxylation sites is 1. The first-order valence-corrected chi connectivity index (χ1v) is 12.9. The molecule has 4 aromatic rings. The van der Waals surface area contributed by atoms with Crippen molar-refractivity contribution in [2.24, 2.45) is 5.92 Å². The third-order valence-electron chi connectivity index (χ3n) is 6.60. The first kappa shape index (κ1) is 23.2. The van der Waals surface area contributed by atoms with Gasteiger partial charge < -0.3 is 10.1 Å². The van der Waals surface area contributed by atoms with Crippen LogP contribution < -0.4 is 5.32 Å². The Bertz CT molecular complexity index is 1350. The Balaban J connectivity index is 1.46. The molecule has 5 rings (SSSR count). The standard InChI is InChI=1S/C27H28N4O3S/c1-17-9-6-7-12-21(17)28-24(32)16-34-27(33)20-15-22(23-13-8-14-35-23)29-26-25(20)18(2)30-31(26)19-10-4-3-5-11-19/h3-5,8,10-11,13-15,17,21H,6-7,9,12,16H2,1-2H3,(H,28,32)/t17-,21-/m1/s1. The molecule has 8 heteroatoms. The second kappa shape index (κ2) is 10.00. The molecule has 0 saturated heterocycles. The zero-order valence-electron chi connectivity index (χ0n) is 19.9. The molecule has 0 radical (unpaired) electrons. The number of carbonyl (C=O) groups excluding carboxylic acids is 2. The van der Waals surface area contributed by atoms with Gasteiger partial charge in [-0.1, -0.05) is 44.0 Å². The van der Waals surface area contributed by atoms with Gasteiger partial charge >= 0.3 is 5.97 Å². The maximum atomic E-state index is 13.3. The summed E-state index contributed by atoms with van der Waals surface area (Å²) in [5.41, 5.74) is 3.12. The van der Waals surface area contributed by atoms with Crippen LogP contribution in [0.15, 0.2) is 53.9 Å². The molecule has 1 fully saturated rings. The molecule has 3 heterocycles. The maximum absolute atomic E-state index is 13.3. The molecule has 1 aliphatic carbocycles. The lowest BCUT2D eigenvalue weighted by molar-refractivity contribution is -0.125. The van der Waals surface area contributed by atoms with E-state index in [1.54, 1.807) is 22.1 Å². The van der Waals surface area contributed by atoms with Gasteiger partial charge in [0, 0.05) is 6.04 Å². The Hall–Kier alpha value is -3.52. The summed E-state index contributed by atoms with van der Waals surface area (Å²) < 4.78 is 7.25. The highest BCUT2D eigenvalue weighted by atomic mass is 32.1. The molecule has 7 nitrogen and oxygen atoms in total. The average Bonchev–Trinajstić information content (AvgIpc) is 3.53. The molecule has 1 aliphatic rings. The quantitative estimate of drug-likeness (QED) is 0.372. The fourth-order valence-electron chi connectivity index (χ4n) is 4.74. The minimum atomic E-state index is -0.558. The summed E-state index contributed by atoms with van der Waals surface area (Å²) in [7, 11) is 0. The lowest BCUT2D eigenvalue weighted by Crippen LogP contribution is -2.42. The summed E-state index contributed by atoms with van der Waals surface area (Å²) in [6, 6.07) is 15.5. The molecule has 3 aromatic heterocycles. The normalized spacial score (nSPS) is 17.9. The van der Waals surface area contributed by atoms with Crippen molar-refractivity contribution in [3.8, 4) is 16.3 Å². The van der Waals surface area contributed by atoms with Crippen molar-refractivity contribution in [3.05, 3.63) is 65.2 Å². The number of hydrogen-bond donors (Lipinski definition) is 1. The number of amides is 1.